The molecule has 0 bridgehead atoms. The zero-order valence-corrected chi connectivity index (χ0v) is 13.4. The number of nitrogens with zero attached hydrogens (tertiary/aromatic N) is 2. The lowest BCUT2D eigenvalue weighted by Gasteiger charge is -2.34. The van der Waals surface area contributed by atoms with E-state index < -0.39 is 0 Å². The van der Waals surface area contributed by atoms with E-state index in [2.05, 4.69) is 9.97 Å². The van der Waals surface area contributed by atoms with Crippen molar-refractivity contribution in [2.45, 2.75) is 19.4 Å². The highest BCUT2D eigenvalue weighted by atomic mass is 16.5. The molecule has 1 N–H and O–H groups in total. The first kappa shape index (κ1) is 15.6. The Kier molecular flexibility index (Phi) is 4.62. The maximum absolute atomic E-state index is 12.8. The van der Waals surface area contributed by atoms with Crippen LogP contribution in [-0.2, 0) is 16.0 Å². The first-order valence-corrected chi connectivity index (χ1v) is 7.69. The Hall–Kier alpha value is -2.34. The van der Waals surface area contributed by atoms with Crippen LogP contribution in [0, 0.1) is 6.92 Å². The van der Waals surface area contributed by atoms with Crippen LogP contribution in [0.2, 0.25) is 0 Å². The molecule has 3 rings (SSSR count). The van der Waals surface area contributed by atoms with Crippen molar-refractivity contribution in [1.29, 1.82) is 0 Å². The fourth-order valence-corrected chi connectivity index (χ4v) is 2.84. The topological polar surface area (TPSA) is 67.4 Å². The van der Waals surface area contributed by atoms with E-state index in [-0.39, 0.29) is 11.9 Å². The van der Waals surface area contributed by atoms with Gasteiger partial charge in [-0.2, -0.15) is 0 Å². The Labute approximate surface area is 135 Å². The molecule has 1 aromatic heterocycles. The number of imidazole rings is 1. The Bertz CT molecular complexity index is 683. The molecule has 23 heavy (non-hydrogen) atoms. The third kappa shape index (κ3) is 3.37. The number of carbonyl (C=O) groups excluding carboxylic acids is 1. The molecule has 122 valence electrons. The number of para-hydroxylation sites is 1. The molecule has 1 aliphatic heterocycles. The van der Waals surface area contributed by atoms with E-state index in [1.807, 2.05) is 36.1 Å². The van der Waals surface area contributed by atoms with Gasteiger partial charge < -0.3 is 19.4 Å². The van der Waals surface area contributed by atoms with Crippen LogP contribution >= 0.6 is 0 Å². The van der Waals surface area contributed by atoms with Crippen LogP contribution < -0.4 is 4.74 Å². The minimum atomic E-state index is -0.167. The van der Waals surface area contributed by atoms with Gasteiger partial charge in [0, 0.05) is 24.0 Å². The lowest BCUT2D eigenvalue weighted by molar-refractivity contribution is -0.139. The van der Waals surface area contributed by atoms with Gasteiger partial charge in [-0.1, -0.05) is 18.2 Å². The number of methoxy groups -OCH3 is 1. The third-order valence-electron chi connectivity index (χ3n) is 4.02. The summed E-state index contributed by atoms with van der Waals surface area (Å²) in [7, 11) is 1.62. The van der Waals surface area contributed by atoms with E-state index in [0.29, 0.717) is 26.2 Å². The fraction of sp³-hybridized carbons (Fsp3) is 0.412. The van der Waals surface area contributed by atoms with E-state index >= 15 is 0 Å². The summed E-state index contributed by atoms with van der Waals surface area (Å²) in [5, 5.41) is 0. The Morgan fingerprint density at radius 1 is 1.48 bits per heavy atom. The lowest BCUT2D eigenvalue weighted by Crippen LogP contribution is -2.44. The van der Waals surface area contributed by atoms with E-state index in [1.165, 1.54) is 0 Å². The molecule has 1 aromatic carbocycles. The van der Waals surface area contributed by atoms with Crippen molar-refractivity contribution in [3.05, 3.63) is 47.5 Å². The zero-order valence-electron chi connectivity index (χ0n) is 13.4. The van der Waals surface area contributed by atoms with Crippen LogP contribution in [-0.4, -0.2) is 47.6 Å². The average Bonchev–Trinajstić information content (AvgIpc) is 3.01. The van der Waals surface area contributed by atoms with Crippen LogP contribution in [0.25, 0.3) is 0 Å². The minimum absolute atomic E-state index is 0.0526. The predicted octanol–water partition coefficient (Wildman–Crippen LogP) is 1.87. The number of nitrogens with one attached hydrogen (secondary N) is 1. The summed E-state index contributed by atoms with van der Waals surface area (Å²) in [4.78, 5) is 22.2. The number of amides is 1. The van der Waals surface area contributed by atoms with Gasteiger partial charge in [-0.15, -0.1) is 0 Å². The zero-order chi connectivity index (χ0) is 16.2. The van der Waals surface area contributed by atoms with Crippen molar-refractivity contribution >= 4 is 5.91 Å². The molecule has 1 aliphatic rings. The second kappa shape index (κ2) is 6.83. The summed E-state index contributed by atoms with van der Waals surface area (Å²) in [6.45, 7) is 3.53. The molecule has 6 heteroatoms. The molecule has 2 aromatic rings. The molecule has 2 heterocycles. The molecule has 0 aliphatic carbocycles. The quantitative estimate of drug-likeness (QED) is 0.935. The molecule has 6 nitrogen and oxygen atoms in total. The number of aryl methyl sites for hydroxylation is 1. The molecule has 1 amide bonds. The van der Waals surface area contributed by atoms with Crippen LogP contribution in [0.4, 0.5) is 0 Å². The van der Waals surface area contributed by atoms with Gasteiger partial charge >= 0.3 is 0 Å². The van der Waals surface area contributed by atoms with Gasteiger partial charge in [0.2, 0.25) is 5.91 Å². The first-order chi connectivity index (χ1) is 11.2. The number of H-pyrrole nitrogens is 1. The van der Waals surface area contributed by atoms with Gasteiger partial charge in [-0.05, 0) is 13.0 Å². The summed E-state index contributed by atoms with van der Waals surface area (Å²) in [5.41, 5.74) is 1.86. The van der Waals surface area contributed by atoms with E-state index in [1.54, 1.807) is 13.3 Å². The van der Waals surface area contributed by atoms with Crippen LogP contribution in [0.5, 0.6) is 5.75 Å². The number of aromatic amines is 1. The number of hydrogen-bond acceptors (Lipinski definition) is 4. The monoisotopic (exact) mass is 315 g/mol. The molecule has 1 saturated heterocycles. The van der Waals surface area contributed by atoms with Gasteiger partial charge in [-0.3, -0.25) is 4.79 Å². The minimum Gasteiger partial charge on any atom is -0.496 e. The highest BCUT2D eigenvalue weighted by Crippen LogP contribution is 2.25. The van der Waals surface area contributed by atoms with Gasteiger partial charge in [0.15, 0.2) is 0 Å². The Morgan fingerprint density at radius 2 is 2.30 bits per heavy atom. The van der Waals surface area contributed by atoms with E-state index in [9.17, 15) is 4.79 Å². The smallest absolute Gasteiger partial charge is 0.227 e. The molecule has 1 atom stereocenters. The number of hydrogen-bond donors (Lipinski definition) is 1. The predicted molar refractivity (Wildman–Crippen MR) is 85.3 cm³/mol. The van der Waals surface area contributed by atoms with Gasteiger partial charge in [-0.25, -0.2) is 4.98 Å². The van der Waals surface area contributed by atoms with Gasteiger partial charge in [0.1, 0.15) is 17.6 Å². The van der Waals surface area contributed by atoms with E-state index in [4.69, 9.17) is 9.47 Å². The normalized spacial score (nSPS) is 18.0. The number of rotatable bonds is 4. The Balaban J connectivity index is 1.79. The second-order valence-corrected chi connectivity index (χ2v) is 5.62. The maximum Gasteiger partial charge on any atom is 0.227 e. The van der Waals surface area contributed by atoms with Crippen LogP contribution in [0.3, 0.4) is 0 Å². The lowest BCUT2D eigenvalue weighted by atomic mass is 10.1. The summed E-state index contributed by atoms with van der Waals surface area (Å²) in [6.07, 6.45) is 2.08. The largest absolute Gasteiger partial charge is 0.496 e. The molecular weight excluding hydrogens is 294 g/mol. The summed E-state index contributed by atoms with van der Waals surface area (Å²) >= 11 is 0. The van der Waals surface area contributed by atoms with Crippen molar-refractivity contribution in [3.63, 3.8) is 0 Å². The first-order valence-electron chi connectivity index (χ1n) is 7.69. The number of aromatic nitrogens is 2. The van der Waals surface area contributed by atoms with Gasteiger partial charge in [0.25, 0.3) is 0 Å². The Morgan fingerprint density at radius 3 is 3.04 bits per heavy atom. The van der Waals surface area contributed by atoms with Crippen molar-refractivity contribution in [2.75, 3.05) is 26.9 Å². The summed E-state index contributed by atoms with van der Waals surface area (Å²) in [6, 6.07) is 7.44. The number of benzene rings is 1. The average molecular weight is 315 g/mol. The van der Waals surface area contributed by atoms with Crippen molar-refractivity contribution in [3.8, 4) is 5.75 Å². The standard InChI is InChI=1S/C17H21N3O3/c1-12-10-18-17(19-12)14-11-23-8-7-20(14)16(21)9-13-5-3-4-6-15(13)22-2/h3-6,10,14H,7-9,11H2,1-2H3,(H,18,19)/t14-/m1/s1. The van der Waals surface area contributed by atoms with E-state index in [0.717, 1.165) is 22.8 Å². The number of morpholine rings is 1. The van der Waals surface area contributed by atoms with Crippen molar-refractivity contribution in [2.24, 2.45) is 0 Å². The maximum atomic E-state index is 12.8. The molecular formula is C17H21N3O3. The molecule has 0 radical (unpaired) electrons. The third-order valence-corrected chi connectivity index (χ3v) is 4.02. The number of ether oxygens (including phenoxy) is 2. The SMILES string of the molecule is COc1ccccc1CC(=O)N1CCOC[C@@H]1c1ncc(C)[nH]1. The summed E-state index contributed by atoms with van der Waals surface area (Å²) < 4.78 is 10.9. The molecule has 1 fully saturated rings. The van der Waals surface area contributed by atoms with Crippen molar-refractivity contribution < 1.29 is 14.3 Å². The highest BCUT2D eigenvalue weighted by Gasteiger charge is 2.30. The molecule has 0 unspecified atom stereocenters. The van der Waals surface area contributed by atoms with Crippen LogP contribution in [0.1, 0.15) is 23.1 Å². The van der Waals surface area contributed by atoms with Crippen molar-refractivity contribution in [1.82, 2.24) is 14.9 Å². The number of carbonyl (C=O) groups is 1. The second-order valence-electron chi connectivity index (χ2n) is 5.62. The summed E-state index contributed by atoms with van der Waals surface area (Å²) in [5.74, 6) is 1.56. The fourth-order valence-electron chi connectivity index (χ4n) is 2.84. The van der Waals surface area contributed by atoms with Gasteiger partial charge in [0.05, 0.1) is 26.7 Å². The highest BCUT2D eigenvalue weighted by molar-refractivity contribution is 5.80. The molecule has 0 saturated carbocycles. The van der Waals surface area contributed by atoms with Crippen LogP contribution in [0.15, 0.2) is 30.5 Å². The molecule has 0 spiro atoms.